The van der Waals surface area contributed by atoms with Gasteiger partial charge in [-0.2, -0.15) is 13.2 Å². The van der Waals surface area contributed by atoms with E-state index in [1.165, 1.54) is 36.8 Å². The van der Waals surface area contributed by atoms with Crippen molar-refractivity contribution >= 4 is 11.6 Å². The molecular weight excluding hydrogens is 366 g/mol. The first-order valence-corrected chi connectivity index (χ1v) is 7.55. The summed E-state index contributed by atoms with van der Waals surface area (Å²) in [6.07, 6.45) is -0.694. The van der Waals surface area contributed by atoms with Gasteiger partial charge in [0.2, 0.25) is 0 Å². The highest BCUT2D eigenvalue weighted by Crippen LogP contribution is 2.38. The fraction of sp³-hybridized carbons (Fsp3) is 0.0556. The Bertz CT molecular complexity index is 962. The number of hydrogen-bond acceptors (Lipinski definition) is 4. The second kappa shape index (κ2) is 7.40. The van der Waals surface area contributed by atoms with E-state index >= 15 is 0 Å². The molecule has 1 amide bonds. The Morgan fingerprint density at radius 1 is 1.04 bits per heavy atom. The molecule has 1 aromatic heterocycles. The molecule has 5 nitrogen and oxygen atoms in total. The first-order chi connectivity index (χ1) is 12.8. The predicted molar refractivity (Wildman–Crippen MR) is 87.9 cm³/mol. The van der Waals surface area contributed by atoms with E-state index in [-0.39, 0.29) is 11.4 Å². The van der Waals surface area contributed by atoms with Crippen molar-refractivity contribution in [2.45, 2.75) is 6.18 Å². The van der Waals surface area contributed by atoms with Gasteiger partial charge in [0.25, 0.3) is 5.91 Å². The van der Waals surface area contributed by atoms with Gasteiger partial charge in [-0.3, -0.25) is 9.78 Å². The maximum atomic E-state index is 14.2. The standard InChI is InChI=1S/C18H11F4N3O2/c19-13-9-11(25-17(26)14-10-23-7-8-24-14)5-6-16(13)27-15-4-2-1-3-12(15)18(20,21)22/h1-10H,(H,25,26). The van der Waals surface area contributed by atoms with Gasteiger partial charge >= 0.3 is 6.18 Å². The van der Waals surface area contributed by atoms with Crippen LogP contribution in [0, 0.1) is 5.82 Å². The van der Waals surface area contributed by atoms with Crippen molar-refractivity contribution in [2.75, 3.05) is 5.32 Å². The van der Waals surface area contributed by atoms with Gasteiger partial charge in [-0.15, -0.1) is 0 Å². The van der Waals surface area contributed by atoms with E-state index in [4.69, 9.17) is 4.74 Å². The molecule has 0 aliphatic carbocycles. The molecule has 3 aromatic rings. The molecule has 0 saturated heterocycles. The lowest BCUT2D eigenvalue weighted by molar-refractivity contribution is -0.138. The van der Waals surface area contributed by atoms with Crippen LogP contribution in [-0.4, -0.2) is 15.9 Å². The van der Waals surface area contributed by atoms with Gasteiger partial charge in [-0.25, -0.2) is 9.37 Å². The van der Waals surface area contributed by atoms with E-state index in [2.05, 4.69) is 15.3 Å². The molecule has 0 fully saturated rings. The molecule has 0 aliphatic heterocycles. The topological polar surface area (TPSA) is 64.1 Å². The summed E-state index contributed by atoms with van der Waals surface area (Å²) in [6, 6.07) is 7.82. The summed E-state index contributed by atoms with van der Waals surface area (Å²) < 4.78 is 58.3. The Kier molecular flexibility index (Phi) is 5.02. The molecule has 0 saturated carbocycles. The molecule has 0 unspecified atom stereocenters. The molecule has 9 heteroatoms. The van der Waals surface area contributed by atoms with Crippen molar-refractivity contribution in [3.05, 3.63) is 78.1 Å². The van der Waals surface area contributed by atoms with Gasteiger partial charge in [0.05, 0.1) is 11.8 Å². The lowest BCUT2D eigenvalue weighted by Crippen LogP contribution is -2.14. The first kappa shape index (κ1) is 18.3. The molecular formula is C18H11F4N3O2. The van der Waals surface area contributed by atoms with Crippen LogP contribution in [0.15, 0.2) is 61.1 Å². The minimum Gasteiger partial charge on any atom is -0.454 e. The maximum Gasteiger partial charge on any atom is 0.419 e. The molecule has 0 radical (unpaired) electrons. The van der Waals surface area contributed by atoms with Crippen LogP contribution < -0.4 is 10.1 Å². The minimum absolute atomic E-state index is 0.0253. The number of benzene rings is 2. The van der Waals surface area contributed by atoms with E-state index in [0.717, 1.165) is 24.3 Å². The van der Waals surface area contributed by atoms with Gasteiger partial charge in [0, 0.05) is 24.1 Å². The van der Waals surface area contributed by atoms with Crippen LogP contribution >= 0.6 is 0 Å². The van der Waals surface area contributed by atoms with Crippen molar-refractivity contribution < 1.29 is 27.1 Å². The Hall–Kier alpha value is -3.49. The van der Waals surface area contributed by atoms with E-state index in [9.17, 15) is 22.4 Å². The average molecular weight is 377 g/mol. The number of rotatable bonds is 4. The highest BCUT2D eigenvalue weighted by Gasteiger charge is 2.34. The van der Waals surface area contributed by atoms with Crippen molar-refractivity contribution in [1.29, 1.82) is 0 Å². The number of aromatic nitrogens is 2. The van der Waals surface area contributed by atoms with Crippen LogP contribution in [0.2, 0.25) is 0 Å². The van der Waals surface area contributed by atoms with Gasteiger partial charge in [-0.05, 0) is 24.3 Å². The van der Waals surface area contributed by atoms with Crippen molar-refractivity contribution in [1.82, 2.24) is 9.97 Å². The number of alkyl halides is 3. The Labute approximate surface area is 150 Å². The van der Waals surface area contributed by atoms with E-state index < -0.39 is 35.0 Å². The SMILES string of the molecule is O=C(Nc1ccc(Oc2ccccc2C(F)(F)F)c(F)c1)c1cnccn1. The number of carbonyl (C=O) groups is 1. The number of carbonyl (C=O) groups excluding carboxylic acids is 1. The van der Waals surface area contributed by atoms with Crippen molar-refractivity contribution in [3.8, 4) is 11.5 Å². The lowest BCUT2D eigenvalue weighted by atomic mass is 10.2. The number of ether oxygens (including phenoxy) is 1. The highest BCUT2D eigenvalue weighted by molar-refractivity contribution is 6.02. The van der Waals surface area contributed by atoms with Gasteiger partial charge in [-0.1, -0.05) is 12.1 Å². The smallest absolute Gasteiger partial charge is 0.419 e. The lowest BCUT2D eigenvalue weighted by Gasteiger charge is -2.14. The third-order valence-corrected chi connectivity index (χ3v) is 3.40. The van der Waals surface area contributed by atoms with Crippen LogP contribution in [-0.2, 0) is 6.18 Å². The maximum absolute atomic E-state index is 14.2. The summed E-state index contributed by atoms with van der Waals surface area (Å²) in [4.78, 5) is 19.5. The first-order valence-electron chi connectivity index (χ1n) is 7.55. The number of nitrogens with one attached hydrogen (secondary N) is 1. The number of anilines is 1. The van der Waals surface area contributed by atoms with Crippen molar-refractivity contribution in [2.24, 2.45) is 0 Å². The molecule has 1 heterocycles. The number of para-hydroxylation sites is 1. The normalized spacial score (nSPS) is 11.1. The minimum atomic E-state index is -4.64. The summed E-state index contributed by atoms with van der Waals surface area (Å²) >= 11 is 0. The van der Waals surface area contributed by atoms with E-state index in [1.54, 1.807) is 0 Å². The molecule has 0 atom stereocenters. The van der Waals surface area contributed by atoms with Gasteiger partial charge in [0.1, 0.15) is 11.4 Å². The largest absolute Gasteiger partial charge is 0.454 e. The number of amides is 1. The summed E-state index contributed by atoms with van der Waals surface area (Å²) in [6.45, 7) is 0. The van der Waals surface area contributed by atoms with Crippen LogP contribution in [0.25, 0.3) is 0 Å². The zero-order chi connectivity index (χ0) is 19.4. The number of halogens is 4. The molecule has 27 heavy (non-hydrogen) atoms. The van der Waals surface area contributed by atoms with Gasteiger partial charge in [0.15, 0.2) is 11.6 Å². The average Bonchev–Trinajstić information content (AvgIpc) is 2.64. The van der Waals surface area contributed by atoms with Crippen LogP contribution in [0.4, 0.5) is 23.2 Å². The van der Waals surface area contributed by atoms with E-state index in [0.29, 0.717) is 0 Å². The molecule has 3 rings (SSSR count). The molecule has 2 aromatic carbocycles. The Morgan fingerprint density at radius 3 is 2.48 bits per heavy atom. The Morgan fingerprint density at radius 2 is 1.81 bits per heavy atom. The van der Waals surface area contributed by atoms with Crippen LogP contribution in [0.5, 0.6) is 11.5 Å². The Balaban J connectivity index is 1.79. The van der Waals surface area contributed by atoms with Crippen LogP contribution in [0.3, 0.4) is 0 Å². The van der Waals surface area contributed by atoms with E-state index in [1.807, 2.05) is 0 Å². The fourth-order valence-corrected chi connectivity index (χ4v) is 2.18. The number of hydrogen-bond donors (Lipinski definition) is 1. The predicted octanol–water partition coefficient (Wildman–Crippen LogP) is 4.68. The summed E-state index contributed by atoms with van der Waals surface area (Å²) in [5.41, 5.74) is -0.915. The van der Waals surface area contributed by atoms with Crippen LogP contribution in [0.1, 0.15) is 16.1 Å². The third kappa shape index (κ3) is 4.38. The monoisotopic (exact) mass is 377 g/mol. The quantitative estimate of drug-likeness (QED) is 0.671. The third-order valence-electron chi connectivity index (χ3n) is 3.40. The second-order valence-electron chi connectivity index (χ2n) is 5.29. The summed E-state index contributed by atoms with van der Waals surface area (Å²) in [5, 5.41) is 2.41. The summed E-state index contributed by atoms with van der Waals surface area (Å²) in [5.74, 6) is -2.49. The molecule has 1 N–H and O–H groups in total. The molecule has 0 aliphatic rings. The highest BCUT2D eigenvalue weighted by atomic mass is 19.4. The van der Waals surface area contributed by atoms with Crippen molar-refractivity contribution in [3.63, 3.8) is 0 Å². The van der Waals surface area contributed by atoms with Gasteiger partial charge < -0.3 is 10.1 Å². The summed E-state index contributed by atoms with van der Waals surface area (Å²) in [7, 11) is 0. The zero-order valence-corrected chi connectivity index (χ0v) is 13.5. The second-order valence-corrected chi connectivity index (χ2v) is 5.29. The molecule has 138 valence electrons. The zero-order valence-electron chi connectivity index (χ0n) is 13.5. The number of nitrogens with zero attached hydrogens (tertiary/aromatic N) is 2. The molecule has 0 spiro atoms. The fourth-order valence-electron chi connectivity index (χ4n) is 2.18. The molecule has 0 bridgehead atoms.